The van der Waals surface area contributed by atoms with Crippen molar-refractivity contribution >= 4 is 39.3 Å². The van der Waals surface area contributed by atoms with Gasteiger partial charge in [0.15, 0.2) is 0 Å². The number of hydrogen-bond donors (Lipinski definition) is 4. The van der Waals surface area contributed by atoms with Crippen LogP contribution in [0.5, 0.6) is 5.75 Å². The van der Waals surface area contributed by atoms with E-state index in [2.05, 4.69) is 54.8 Å². The molecule has 0 atom stereocenters. The molecule has 0 unspecified atom stereocenters. The Morgan fingerprint density at radius 1 is 0.972 bits per heavy atom. The standard InChI is InChI=1S/C27H29N7O2/c1-2-22-20(5-8-28-22)17-19(1)18-31-25-7-10-30-27(32-25)33-26-21-6-9-29-23(21)3-4-24(26)36-16-13-34-11-14-35-15-12-34/h1-10,17,28-29H,11-16,18H2,(H2,30,31,32,33). The molecule has 36 heavy (non-hydrogen) atoms. The Morgan fingerprint density at radius 3 is 2.78 bits per heavy atom. The van der Waals surface area contributed by atoms with Gasteiger partial charge in [0, 0.05) is 61.2 Å². The summed E-state index contributed by atoms with van der Waals surface area (Å²) in [6.45, 7) is 5.57. The zero-order chi connectivity index (χ0) is 24.2. The molecule has 1 aliphatic rings. The van der Waals surface area contributed by atoms with Gasteiger partial charge in [0.1, 0.15) is 18.2 Å². The van der Waals surface area contributed by atoms with Crippen LogP contribution in [0.3, 0.4) is 0 Å². The van der Waals surface area contributed by atoms with Crippen molar-refractivity contribution in [3.63, 3.8) is 0 Å². The first-order valence-electron chi connectivity index (χ1n) is 12.2. The predicted molar refractivity (Wildman–Crippen MR) is 142 cm³/mol. The highest BCUT2D eigenvalue weighted by molar-refractivity contribution is 5.96. The lowest BCUT2D eigenvalue weighted by atomic mass is 10.1. The molecule has 0 amide bonds. The predicted octanol–water partition coefficient (Wildman–Crippen LogP) is 4.51. The average molecular weight is 484 g/mol. The largest absolute Gasteiger partial charge is 0.490 e. The van der Waals surface area contributed by atoms with Crippen molar-refractivity contribution < 1.29 is 9.47 Å². The molecule has 4 heterocycles. The van der Waals surface area contributed by atoms with E-state index >= 15 is 0 Å². The van der Waals surface area contributed by atoms with Crippen LogP contribution in [-0.4, -0.2) is 64.3 Å². The molecule has 6 rings (SSSR count). The van der Waals surface area contributed by atoms with E-state index in [0.29, 0.717) is 19.1 Å². The quantitative estimate of drug-likeness (QED) is 0.245. The number of rotatable bonds is 9. The van der Waals surface area contributed by atoms with Crippen LogP contribution >= 0.6 is 0 Å². The van der Waals surface area contributed by atoms with E-state index in [9.17, 15) is 0 Å². The van der Waals surface area contributed by atoms with E-state index in [4.69, 9.17) is 14.5 Å². The first-order valence-corrected chi connectivity index (χ1v) is 12.2. The number of nitrogens with zero attached hydrogens (tertiary/aromatic N) is 3. The van der Waals surface area contributed by atoms with Crippen LogP contribution in [0.2, 0.25) is 0 Å². The second-order valence-electron chi connectivity index (χ2n) is 8.82. The molecule has 9 heteroatoms. The summed E-state index contributed by atoms with van der Waals surface area (Å²) in [6, 6.07) is 16.4. The molecular weight excluding hydrogens is 454 g/mol. The molecule has 0 saturated carbocycles. The Hall–Kier alpha value is -4.08. The zero-order valence-corrected chi connectivity index (χ0v) is 20.0. The van der Waals surface area contributed by atoms with Gasteiger partial charge in [-0.2, -0.15) is 4.98 Å². The average Bonchev–Trinajstić information content (AvgIpc) is 3.59. The van der Waals surface area contributed by atoms with Crippen LogP contribution in [-0.2, 0) is 11.3 Å². The number of anilines is 3. The van der Waals surface area contributed by atoms with Crippen LogP contribution in [0.25, 0.3) is 21.8 Å². The second kappa shape index (κ2) is 10.3. The topological polar surface area (TPSA) is 103 Å². The maximum Gasteiger partial charge on any atom is 0.229 e. The SMILES string of the molecule is c1cc(NCc2ccc3[nH]ccc3c2)nc(Nc2c(OCCN3CCOCC3)ccc3[nH]ccc23)n1. The first kappa shape index (κ1) is 22.4. The van der Waals surface area contributed by atoms with Crippen molar-refractivity contribution in [3.05, 3.63) is 72.7 Å². The highest BCUT2D eigenvalue weighted by atomic mass is 16.5. The van der Waals surface area contributed by atoms with Gasteiger partial charge < -0.3 is 30.1 Å². The summed E-state index contributed by atoms with van der Waals surface area (Å²) in [5.41, 5.74) is 4.19. The smallest absolute Gasteiger partial charge is 0.229 e. The van der Waals surface area contributed by atoms with Gasteiger partial charge in [-0.25, -0.2) is 4.98 Å². The summed E-state index contributed by atoms with van der Waals surface area (Å²) in [5, 5.41) is 9.03. The number of benzene rings is 2. The fourth-order valence-electron chi connectivity index (χ4n) is 4.51. The fourth-order valence-corrected chi connectivity index (χ4v) is 4.51. The third-order valence-corrected chi connectivity index (χ3v) is 6.45. The third kappa shape index (κ3) is 4.98. The number of morpholine rings is 1. The van der Waals surface area contributed by atoms with E-state index in [1.807, 2.05) is 36.7 Å². The van der Waals surface area contributed by atoms with Crippen LogP contribution in [0.15, 0.2) is 67.1 Å². The lowest BCUT2D eigenvalue weighted by Crippen LogP contribution is -2.38. The molecule has 5 aromatic rings. The van der Waals surface area contributed by atoms with E-state index in [-0.39, 0.29) is 0 Å². The van der Waals surface area contributed by atoms with Crippen LogP contribution in [0.4, 0.5) is 17.5 Å². The molecule has 4 N–H and O–H groups in total. The van der Waals surface area contributed by atoms with Crippen LogP contribution in [0, 0.1) is 0 Å². The Balaban J connectivity index is 1.16. The van der Waals surface area contributed by atoms with Crippen molar-refractivity contribution in [1.82, 2.24) is 24.8 Å². The van der Waals surface area contributed by atoms with Crippen molar-refractivity contribution in [2.45, 2.75) is 6.54 Å². The summed E-state index contributed by atoms with van der Waals surface area (Å²) in [5.74, 6) is 2.03. The molecule has 1 fully saturated rings. The maximum absolute atomic E-state index is 6.22. The van der Waals surface area contributed by atoms with Crippen molar-refractivity contribution in [2.24, 2.45) is 0 Å². The van der Waals surface area contributed by atoms with E-state index in [0.717, 1.165) is 66.5 Å². The molecule has 2 aromatic carbocycles. The number of nitrogens with one attached hydrogen (secondary N) is 4. The van der Waals surface area contributed by atoms with Crippen molar-refractivity contribution in [3.8, 4) is 5.75 Å². The van der Waals surface area contributed by atoms with Gasteiger partial charge in [-0.15, -0.1) is 0 Å². The minimum Gasteiger partial charge on any atom is -0.490 e. The molecule has 3 aromatic heterocycles. The molecular formula is C27H29N7O2. The van der Waals surface area contributed by atoms with E-state index in [1.54, 1.807) is 6.20 Å². The number of H-pyrrole nitrogens is 2. The molecule has 0 spiro atoms. The highest BCUT2D eigenvalue weighted by Gasteiger charge is 2.14. The minimum absolute atomic E-state index is 0.507. The third-order valence-electron chi connectivity index (χ3n) is 6.45. The van der Waals surface area contributed by atoms with Crippen molar-refractivity contribution in [2.75, 3.05) is 50.1 Å². The zero-order valence-electron chi connectivity index (χ0n) is 20.0. The Labute approximate surface area is 208 Å². The van der Waals surface area contributed by atoms with Gasteiger partial charge in [-0.3, -0.25) is 4.90 Å². The number of ether oxygens (including phenoxy) is 2. The number of aromatic amines is 2. The molecule has 0 aliphatic carbocycles. The molecule has 1 saturated heterocycles. The Kier molecular flexibility index (Phi) is 6.39. The van der Waals surface area contributed by atoms with Gasteiger partial charge in [0.25, 0.3) is 0 Å². The van der Waals surface area contributed by atoms with Gasteiger partial charge in [-0.1, -0.05) is 6.07 Å². The molecule has 0 bridgehead atoms. The van der Waals surface area contributed by atoms with Crippen LogP contribution in [0.1, 0.15) is 5.56 Å². The molecule has 9 nitrogen and oxygen atoms in total. The summed E-state index contributed by atoms with van der Waals surface area (Å²) in [6.07, 6.45) is 5.63. The monoisotopic (exact) mass is 483 g/mol. The second-order valence-corrected chi connectivity index (χ2v) is 8.82. The lowest BCUT2D eigenvalue weighted by molar-refractivity contribution is 0.0323. The number of aromatic nitrogens is 4. The van der Waals surface area contributed by atoms with Crippen LogP contribution < -0.4 is 15.4 Å². The van der Waals surface area contributed by atoms with E-state index in [1.165, 1.54) is 10.9 Å². The summed E-state index contributed by atoms with van der Waals surface area (Å²) >= 11 is 0. The molecule has 184 valence electrons. The Morgan fingerprint density at radius 2 is 1.83 bits per heavy atom. The first-order chi connectivity index (χ1) is 17.8. The lowest BCUT2D eigenvalue weighted by Gasteiger charge is -2.26. The number of fused-ring (bicyclic) bond motifs is 2. The van der Waals surface area contributed by atoms with Crippen molar-refractivity contribution in [1.29, 1.82) is 0 Å². The van der Waals surface area contributed by atoms with Gasteiger partial charge in [0.05, 0.1) is 18.9 Å². The van der Waals surface area contributed by atoms with Gasteiger partial charge in [-0.05, 0) is 53.4 Å². The van der Waals surface area contributed by atoms with E-state index < -0.39 is 0 Å². The fraction of sp³-hybridized carbons (Fsp3) is 0.259. The normalized spacial score (nSPS) is 14.3. The van der Waals surface area contributed by atoms with Gasteiger partial charge >= 0.3 is 0 Å². The number of hydrogen-bond acceptors (Lipinski definition) is 7. The van der Waals surface area contributed by atoms with Gasteiger partial charge in [0.2, 0.25) is 5.95 Å². The minimum atomic E-state index is 0.507. The Bertz CT molecular complexity index is 1460. The molecule has 1 aliphatic heterocycles. The molecule has 0 radical (unpaired) electrons. The maximum atomic E-state index is 6.22. The highest BCUT2D eigenvalue weighted by Crippen LogP contribution is 2.34. The summed E-state index contributed by atoms with van der Waals surface area (Å²) in [7, 11) is 0. The summed E-state index contributed by atoms with van der Waals surface area (Å²) < 4.78 is 11.7. The summed E-state index contributed by atoms with van der Waals surface area (Å²) in [4.78, 5) is 18.0.